The van der Waals surface area contributed by atoms with Gasteiger partial charge in [0, 0.05) is 0 Å². The minimum atomic E-state index is -1.24. The van der Waals surface area contributed by atoms with Crippen molar-refractivity contribution in [3.05, 3.63) is 86.4 Å². The van der Waals surface area contributed by atoms with Crippen molar-refractivity contribution in [1.82, 2.24) is 0 Å². The average Bonchev–Trinajstić information content (AvgIpc) is 3.41. The van der Waals surface area contributed by atoms with Crippen LogP contribution in [0.25, 0.3) is 0 Å². The second-order valence-corrected chi connectivity index (χ2v) is 9.11. The lowest BCUT2D eigenvalue weighted by atomic mass is 9.89. The maximum absolute atomic E-state index is 13.8. The lowest BCUT2D eigenvalue weighted by molar-refractivity contribution is -0.385. The van der Waals surface area contributed by atoms with Gasteiger partial charge in [-0.25, -0.2) is 9.96 Å². The molecule has 2 heterocycles. The summed E-state index contributed by atoms with van der Waals surface area (Å²) in [6.07, 6.45) is -1.24. The highest BCUT2D eigenvalue weighted by Gasteiger charge is 2.61. The number of imide groups is 1. The number of amides is 2. The average molecular weight is 544 g/mol. The Morgan fingerprint density at radius 3 is 2.19 bits per heavy atom. The Morgan fingerprint density at radius 1 is 0.892 bits per heavy atom. The van der Waals surface area contributed by atoms with Gasteiger partial charge in [-0.15, -0.1) is 0 Å². The molecular weight excluding hydrogens is 525 g/mol. The normalized spacial score (nSPS) is 20.8. The van der Waals surface area contributed by atoms with Crippen molar-refractivity contribution in [2.45, 2.75) is 12.1 Å². The highest BCUT2D eigenvalue weighted by Crippen LogP contribution is 2.51. The molecule has 0 spiro atoms. The number of halogens is 2. The fourth-order valence-electron chi connectivity index (χ4n) is 4.69. The maximum atomic E-state index is 13.8. The summed E-state index contributed by atoms with van der Waals surface area (Å²) in [6, 6.07) is 14.7. The molecule has 3 aromatic carbocycles. The Balaban J connectivity index is 1.68. The van der Waals surface area contributed by atoms with Crippen LogP contribution in [0.2, 0.25) is 10.0 Å². The standard InChI is InChI=1S/C25H19Cl2N3O7/c1-35-19-11-15(18(30(33)34)12-20(19)36-2)22-21-23(37-29(22)13-6-4-3-5-7-13)25(32)28(24(21)31)14-8-9-16(26)17(27)10-14/h3-12,21-23H,1-2H3/t21-,22-,23+/m1/s1. The summed E-state index contributed by atoms with van der Waals surface area (Å²) in [7, 11) is 2.76. The smallest absolute Gasteiger partial charge is 0.278 e. The fraction of sp³-hybridized carbons (Fsp3) is 0.200. The van der Waals surface area contributed by atoms with E-state index in [0.29, 0.717) is 5.69 Å². The van der Waals surface area contributed by atoms with Crippen LogP contribution in [0.1, 0.15) is 11.6 Å². The molecule has 5 rings (SSSR count). The van der Waals surface area contributed by atoms with Crippen molar-refractivity contribution >= 4 is 52.1 Å². The first-order valence-electron chi connectivity index (χ1n) is 11.0. The van der Waals surface area contributed by atoms with Gasteiger partial charge >= 0.3 is 0 Å². The molecule has 0 N–H and O–H groups in total. The van der Waals surface area contributed by atoms with Crippen LogP contribution in [0.15, 0.2) is 60.7 Å². The van der Waals surface area contributed by atoms with Gasteiger partial charge in [0.05, 0.1) is 52.2 Å². The molecule has 2 amide bonds. The first-order chi connectivity index (χ1) is 17.8. The number of nitro groups is 1. The number of nitro benzene ring substituents is 1. The number of carbonyl (C=O) groups is 2. The van der Waals surface area contributed by atoms with Gasteiger partial charge < -0.3 is 9.47 Å². The lowest BCUT2D eigenvalue weighted by Gasteiger charge is -2.29. The molecule has 0 saturated carbocycles. The van der Waals surface area contributed by atoms with E-state index in [-0.39, 0.29) is 38.5 Å². The molecule has 3 atom stereocenters. The Hall–Kier alpha value is -3.86. The zero-order valence-corrected chi connectivity index (χ0v) is 21.0. The van der Waals surface area contributed by atoms with E-state index in [9.17, 15) is 19.7 Å². The third-order valence-corrected chi connectivity index (χ3v) is 7.07. The number of para-hydroxylation sites is 1. The predicted octanol–water partition coefficient (Wildman–Crippen LogP) is 4.97. The van der Waals surface area contributed by atoms with E-state index in [1.165, 1.54) is 49.6 Å². The molecule has 2 saturated heterocycles. The van der Waals surface area contributed by atoms with Crippen LogP contribution in [-0.2, 0) is 14.4 Å². The number of anilines is 2. The summed E-state index contributed by atoms with van der Waals surface area (Å²) in [5, 5.41) is 13.9. The quantitative estimate of drug-likeness (QED) is 0.243. The molecule has 0 unspecified atom stereocenters. The second kappa shape index (κ2) is 9.55. The van der Waals surface area contributed by atoms with Crippen molar-refractivity contribution < 1.29 is 28.8 Å². The van der Waals surface area contributed by atoms with Gasteiger partial charge in [0.2, 0.25) is 5.91 Å². The molecule has 2 aliphatic rings. The van der Waals surface area contributed by atoms with E-state index in [2.05, 4.69) is 0 Å². The number of carbonyl (C=O) groups excluding carboxylic acids is 2. The highest BCUT2D eigenvalue weighted by molar-refractivity contribution is 6.42. The molecule has 12 heteroatoms. The number of fused-ring (bicyclic) bond motifs is 1. The monoisotopic (exact) mass is 543 g/mol. The molecular formula is C25H19Cl2N3O7. The predicted molar refractivity (Wildman–Crippen MR) is 135 cm³/mol. The molecule has 10 nitrogen and oxygen atoms in total. The Kier molecular flexibility index (Phi) is 6.40. The SMILES string of the molecule is COc1cc([C@@H]2[C@H]3C(=O)N(c4ccc(Cl)c(Cl)c4)C(=O)[C@H]3ON2c2ccccc2)c([N+](=O)[O-])cc1OC. The zero-order valence-electron chi connectivity index (χ0n) is 19.5. The van der Waals surface area contributed by atoms with Gasteiger partial charge in [-0.1, -0.05) is 41.4 Å². The number of rotatable bonds is 6. The van der Waals surface area contributed by atoms with E-state index in [0.717, 1.165) is 4.90 Å². The van der Waals surface area contributed by atoms with Gasteiger partial charge in [-0.3, -0.25) is 24.5 Å². The molecule has 0 bridgehead atoms. The number of methoxy groups -OCH3 is 2. The van der Waals surface area contributed by atoms with E-state index < -0.39 is 34.8 Å². The van der Waals surface area contributed by atoms with Gasteiger partial charge in [0.15, 0.2) is 17.6 Å². The molecule has 190 valence electrons. The summed E-state index contributed by atoms with van der Waals surface area (Å²) in [6.45, 7) is 0. The van der Waals surface area contributed by atoms with Crippen molar-refractivity contribution in [3.63, 3.8) is 0 Å². The Morgan fingerprint density at radius 2 is 1.57 bits per heavy atom. The summed E-state index contributed by atoms with van der Waals surface area (Å²) in [5.74, 6) is -1.97. The van der Waals surface area contributed by atoms with Crippen LogP contribution in [-0.4, -0.2) is 37.1 Å². The van der Waals surface area contributed by atoms with Crippen molar-refractivity contribution in [2.75, 3.05) is 24.2 Å². The summed E-state index contributed by atoms with van der Waals surface area (Å²) < 4.78 is 10.6. The number of benzene rings is 3. The minimum absolute atomic E-state index is 0.121. The Bertz CT molecular complexity index is 1420. The topological polar surface area (TPSA) is 111 Å². The highest BCUT2D eigenvalue weighted by atomic mass is 35.5. The van der Waals surface area contributed by atoms with E-state index in [4.69, 9.17) is 37.5 Å². The molecule has 0 aliphatic carbocycles. The molecule has 37 heavy (non-hydrogen) atoms. The van der Waals surface area contributed by atoms with Crippen LogP contribution in [0, 0.1) is 16.0 Å². The van der Waals surface area contributed by atoms with Crippen LogP contribution in [0.5, 0.6) is 11.5 Å². The number of hydrogen-bond donors (Lipinski definition) is 0. The largest absolute Gasteiger partial charge is 0.493 e. The van der Waals surface area contributed by atoms with Gasteiger partial charge in [-0.2, -0.15) is 0 Å². The molecule has 3 aromatic rings. The first kappa shape index (κ1) is 24.8. The number of hydroxylamine groups is 1. The molecule has 0 radical (unpaired) electrons. The van der Waals surface area contributed by atoms with Crippen LogP contribution in [0.3, 0.4) is 0 Å². The van der Waals surface area contributed by atoms with Gasteiger partial charge in [0.25, 0.3) is 11.6 Å². The Labute approximate surface area is 220 Å². The number of ether oxygens (including phenoxy) is 2. The number of nitrogens with zero attached hydrogens (tertiary/aromatic N) is 3. The third-order valence-electron chi connectivity index (χ3n) is 6.34. The van der Waals surface area contributed by atoms with E-state index >= 15 is 0 Å². The van der Waals surface area contributed by atoms with Gasteiger partial charge in [-0.05, 0) is 36.4 Å². The molecule has 2 aliphatic heterocycles. The first-order valence-corrected chi connectivity index (χ1v) is 11.8. The second-order valence-electron chi connectivity index (χ2n) is 8.29. The summed E-state index contributed by atoms with van der Waals surface area (Å²) >= 11 is 12.1. The zero-order chi connectivity index (χ0) is 26.4. The summed E-state index contributed by atoms with van der Waals surface area (Å²) in [5.41, 5.74) is 0.527. The van der Waals surface area contributed by atoms with Crippen molar-refractivity contribution in [1.29, 1.82) is 0 Å². The van der Waals surface area contributed by atoms with E-state index in [1.54, 1.807) is 30.3 Å². The van der Waals surface area contributed by atoms with Crippen LogP contribution >= 0.6 is 23.2 Å². The lowest BCUT2D eigenvalue weighted by Crippen LogP contribution is -2.37. The maximum Gasteiger partial charge on any atom is 0.278 e. The number of hydrogen-bond acceptors (Lipinski definition) is 8. The third kappa shape index (κ3) is 4.03. The van der Waals surface area contributed by atoms with Crippen LogP contribution in [0.4, 0.5) is 17.1 Å². The van der Waals surface area contributed by atoms with Gasteiger partial charge in [0.1, 0.15) is 12.0 Å². The summed E-state index contributed by atoms with van der Waals surface area (Å²) in [4.78, 5) is 45.9. The van der Waals surface area contributed by atoms with Crippen LogP contribution < -0.4 is 19.4 Å². The fourth-order valence-corrected chi connectivity index (χ4v) is 4.98. The van der Waals surface area contributed by atoms with E-state index in [1.807, 2.05) is 0 Å². The van der Waals surface area contributed by atoms with Crippen molar-refractivity contribution in [3.8, 4) is 11.5 Å². The molecule has 0 aromatic heterocycles. The van der Waals surface area contributed by atoms with Crippen molar-refractivity contribution in [2.24, 2.45) is 5.92 Å². The molecule has 2 fully saturated rings. The minimum Gasteiger partial charge on any atom is -0.493 e.